The van der Waals surface area contributed by atoms with E-state index in [1.54, 1.807) is 0 Å². The zero-order chi connectivity index (χ0) is 41.6. The summed E-state index contributed by atoms with van der Waals surface area (Å²) in [6.07, 6.45) is 4.77. The summed E-state index contributed by atoms with van der Waals surface area (Å²) in [5.74, 6) is -5.29. The van der Waals surface area contributed by atoms with Crippen molar-refractivity contribution in [1.29, 1.82) is 0 Å². The van der Waals surface area contributed by atoms with Crippen molar-refractivity contribution in [3.8, 4) is 0 Å². The SMILES string of the molecule is CC(=O)N1C[C@H](OCCCCc2ccccc2)C[C@H]1C(=O)N[C@@H](CC(C)C)C(=O)N[C@@H](Cc1cnc[nH]1)C(=O)N[C@@H](C)C(=O)N[C@H](C(N)=O)[C@@H](C)CP(=O)(O)O. The fourth-order valence-corrected chi connectivity index (χ4v) is 7.50. The molecule has 0 radical (unpaired) electrons. The summed E-state index contributed by atoms with van der Waals surface area (Å²) in [5, 5.41) is 10.3. The number of hydrogen-bond acceptors (Lipinski definition) is 9. The second-order valence-corrected chi connectivity index (χ2v) is 16.5. The molecule has 56 heavy (non-hydrogen) atoms. The van der Waals surface area contributed by atoms with E-state index in [1.165, 1.54) is 43.8 Å². The number of nitrogens with zero attached hydrogens (tertiary/aromatic N) is 2. The topological polar surface area (TPSA) is 275 Å². The molecule has 0 aliphatic carbocycles. The average molecular weight is 805 g/mol. The maximum atomic E-state index is 13.9. The molecule has 18 nitrogen and oxygen atoms in total. The first kappa shape index (κ1) is 45.7. The molecule has 1 aliphatic heterocycles. The molecule has 310 valence electrons. The molecule has 1 fully saturated rings. The number of hydrogen-bond donors (Lipinski definition) is 8. The highest BCUT2D eigenvalue weighted by atomic mass is 31.2. The smallest absolute Gasteiger partial charge is 0.325 e. The van der Waals surface area contributed by atoms with E-state index in [0.717, 1.165) is 19.3 Å². The number of carbonyl (C=O) groups is 6. The molecule has 3 rings (SSSR count). The Morgan fingerprint density at radius 1 is 0.964 bits per heavy atom. The van der Waals surface area contributed by atoms with Gasteiger partial charge in [0.2, 0.25) is 35.4 Å². The molecule has 7 atom stereocenters. The standard InChI is InChI=1S/C37H57N8O10P/c1-22(2)15-29(43-37(51)31-17-28(19-45(31)25(5)46)55-14-10-9-13-26-11-7-6-8-12-26)36(50)42-30(16-27-18-39-21-40-27)35(49)41-24(4)34(48)44-32(33(38)47)23(3)20-56(52,53)54/h6-8,11-12,18,21-24,28-32H,9-10,13-17,19-20H2,1-5H3,(H2,38,47)(H,39,40)(H,41,49)(H,42,50)(H,43,51)(H,44,48)(H2,52,53,54)/t23-,24-,28+,29-,30-,31-,32-/m0/s1. The van der Waals surface area contributed by atoms with Gasteiger partial charge in [-0.1, -0.05) is 51.1 Å². The van der Waals surface area contributed by atoms with Crippen LogP contribution in [0.4, 0.5) is 0 Å². The molecule has 6 amide bonds. The van der Waals surface area contributed by atoms with E-state index in [9.17, 15) is 43.1 Å². The zero-order valence-electron chi connectivity index (χ0n) is 32.6. The maximum Gasteiger partial charge on any atom is 0.325 e. The van der Waals surface area contributed by atoms with Crippen molar-refractivity contribution >= 4 is 43.0 Å². The van der Waals surface area contributed by atoms with E-state index in [4.69, 9.17) is 10.5 Å². The van der Waals surface area contributed by atoms with Crippen LogP contribution in [0.15, 0.2) is 42.9 Å². The normalized spacial score (nSPS) is 18.3. The number of aromatic nitrogens is 2. The molecule has 0 saturated carbocycles. The Bertz CT molecular complexity index is 1670. The summed E-state index contributed by atoms with van der Waals surface area (Å²) in [4.78, 5) is 106. The molecule has 1 aliphatic rings. The molecule has 0 unspecified atom stereocenters. The lowest BCUT2D eigenvalue weighted by Crippen LogP contribution is -2.59. The number of rotatable bonds is 22. The predicted octanol–water partition coefficient (Wildman–Crippen LogP) is 0.285. The quantitative estimate of drug-likeness (QED) is 0.0592. The number of nitrogens with one attached hydrogen (secondary N) is 5. The van der Waals surface area contributed by atoms with Crippen molar-refractivity contribution in [2.75, 3.05) is 19.3 Å². The lowest BCUT2D eigenvalue weighted by atomic mass is 10.0. The first-order chi connectivity index (χ1) is 26.3. The molecule has 2 heterocycles. The third-order valence-corrected chi connectivity index (χ3v) is 10.5. The number of aryl methyl sites for hydroxylation is 1. The van der Waals surface area contributed by atoms with Gasteiger partial charge in [-0.25, -0.2) is 4.98 Å². The minimum atomic E-state index is -4.54. The number of unbranched alkanes of at least 4 members (excludes halogenated alkanes) is 1. The first-order valence-corrected chi connectivity index (χ1v) is 20.6. The number of amides is 6. The second-order valence-electron chi connectivity index (χ2n) is 14.8. The molecule has 9 N–H and O–H groups in total. The minimum absolute atomic E-state index is 0.0692. The Morgan fingerprint density at radius 2 is 1.64 bits per heavy atom. The van der Waals surface area contributed by atoms with E-state index in [0.29, 0.717) is 12.3 Å². The zero-order valence-corrected chi connectivity index (χ0v) is 33.5. The number of likely N-dealkylation sites (tertiary alicyclic amines) is 1. The highest BCUT2D eigenvalue weighted by molar-refractivity contribution is 7.51. The van der Waals surface area contributed by atoms with Gasteiger partial charge in [0, 0.05) is 44.8 Å². The Labute approximate surface area is 327 Å². The van der Waals surface area contributed by atoms with Gasteiger partial charge >= 0.3 is 7.60 Å². The van der Waals surface area contributed by atoms with Crippen LogP contribution < -0.4 is 27.0 Å². The van der Waals surface area contributed by atoms with E-state index in [-0.39, 0.29) is 43.7 Å². The molecule has 0 spiro atoms. The number of aromatic amines is 1. The van der Waals surface area contributed by atoms with Crippen molar-refractivity contribution in [3.05, 3.63) is 54.1 Å². The Hall–Kier alpha value is -4.64. The first-order valence-electron chi connectivity index (χ1n) is 18.8. The van der Waals surface area contributed by atoms with Gasteiger partial charge in [0.15, 0.2) is 0 Å². The summed E-state index contributed by atoms with van der Waals surface area (Å²) >= 11 is 0. The molecule has 1 saturated heterocycles. The fourth-order valence-electron chi connectivity index (χ4n) is 6.54. The maximum absolute atomic E-state index is 13.9. The summed E-state index contributed by atoms with van der Waals surface area (Å²) in [7, 11) is -4.54. The molecule has 19 heteroatoms. The fraction of sp³-hybridized carbons (Fsp3) is 0.595. The summed E-state index contributed by atoms with van der Waals surface area (Å²) < 4.78 is 17.6. The summed E-state index contributed by atoms with van der Waals surface area (Å²) in [6.45, 7) is 8.46. The number of primary amides is 1. The van der Waals surface area contributed by atoms with Gasteiger partial charge in [-0.2, -0.15) is 0 Å². The van der Waals surface area contributed by atoms with Crippen LogP contribution in [-0.4, -0.2) is 116 Å². The lowest BCUT2D eigenvalue weighted by molar-refractivity contribution is -0.138. The molecule has 1 aromatic carbocycles. The minimum Gasteiger partial charge on any atom is -0.376 e. The second kappa shape index (κ2) is 21.6. The molecule has 2 aromatic rings. The van der Waals surface area contributed by atoms with E-state index >= 15 is 0 Å². The summed E-state index contributed by atoms with van der Waals surface area (Å²) in [6, 6.07) is 4.15. The molecular formula is C37H57N8O10P. The third-order valence-electron chi connectivity index (χ3n) is 9.43. The number of nitrogens with two attached hydrogens (primary N) is 1. The third kappa shape index (κ3) is 15.1. The van der Waals surface area contributed by atoms with Gasteiger partial charge in [-0.3, -0.25) is 33.3 Å². The van der Waals surface area contributed by atoms with E-state index in [2.05, 4.69) is 43.4 Å². The number of benzene rings is 1. The number of imidazole rings is 1. The largest absolute Gasteiger partial charge is 0.376 e. The van der Waals surface area contributed by atoms with Crippen LogP contribution in [0.25, 0.3) is 0 Å². The van der Waals surface area contributed by atoms with Gasteiger partial charge in [0.1, 0.15) is 30.2 Å². The Morgan fingerprint density at radius 3 is 2.23 bits per heavy atom. The number of carbonyl (C=O) groups excluding carboxylic acids is 6. The molecular weight excluding hydrogens is 747 g/mol. The van der Waals surface area contributed by atoms with Crippen molar-refractivity contribution in [2.24, 2.45) is 17.6 Å². The lowest BCUT2D eigenvalue weighted by Gasteiger charge is -2.28. The van der Waals surface area contributed by atoms with Gasteiger partial charge < -0.3 is 51.4 Å². The van der Waals surface area contributed by atoms with Crippen molar-refractivity contribution in [1.82, 2.24) is 36.1 Å². The summed E-state index contributed by atoms with van der Waals surface area (Å²) in [5.41, 5.74) is 7.10. The Kier molecular flexibility index (Phi) is 17.6. The van der Waals surface area contributed by atoms with Gasteiger partial charge in [-0.15, -0.1) is 0 Å². The van der Waals surface area contributed by atoms with Crippen LogP contribution in [0.3, 0.4) is 0 Å². The molecule has 0 bridgehead atoms. The van der Waals surface area contributed by atoms with Crippen LogP contribution in [0.2, 0.25) is 0 Å². The van der Waals surface area contributed by atoms with Crippen LogP contribution in [0.5, 0.6) is 0 Å². The predicted molar refractivity (Wildman–Crippen MR) is 205 cm³/mol. The number of ether oxygens (including phenoxy) is 1. The average Bonchev–Trinajstić information content (AvgIpc) is 3.79. The van der Waals surface area contributed by atoms with Crippen molar-refractivity contribution in [2.45, 2.75) is 109 Å². The van der Waals surface area contributed by atoms with Crippen LogP contribution in [-0.2, 0) is 50.9 Å². The molecule has 1 aromatic heterocycles. The van der Waals surface area contributed by atoms with Crippen LogP contribution >= 0.6 is 7.60 Å². The van der Waals surface area contributed by atoms with E-state index in [1.807, 2.05) is 32.0 Å². The number of H-pyrrole nitrogens is 1. The Balaban J connectivity index is 1.67. The van der Waals surface area contributed by atoms with Gasteiger partial charge in [-0.05, 0) is 50.0 Å². The monoisotopic (exact) mass is 804 g/mol. The van der Waals surface area contributed by atoms with E-state index < -0.39 is 79.4 Å². The van der Waals surface area contributed by atoms with Crippen LogP contribution in [0.1, 0.15) is 71.6 Å². The van der Waals surface area contributed by atoms with Crippen molar-refractivity contribution in [3.63, 3.8) is 0 Å². The van der Waals surface area contributed by atoms with Gasteiger partial charge in [0.05, 0.1) is 18.6 Å². The van der Waals surface area contributed by atoms with Gasteiger partial charge in [0.25, 0.3) is 0 Å². The highest BCUT2D eigenvalue weighted by Crippen LogP contribution is 2.37. The highest BCUT2D eigenvalue weighted by Gasteiger charge is 2.40. The van der Waals surface area contributed by atoms with Crippen LogP contribution in [0, 0.1) is 11.8 Å². The van der Waals surface area contributed by atoms with Crippen molar-refractivity contribution < 1.29 is 47.9 Å².